The van der Waals surface area contributed by atoms with Crippen LogP contribution in [0.25, 0.3) is 0 Å². The third-order valence-corrected chi connectivity index (χ3v) is 5.97. The van der Waals surface area contributed by atoms with Crippen molar-refractivity contribution < 1.29 is 4.79 Å². The van der Waals surface area contributed by atoms with Gasteiger partial charge in [0, 0.05) is 11.7 Å². The first-order valence-electron chi connectivity index (χ1n) is 6.44. The van der Waals surface area contributed by atoms with Crippen LogP contribution in [-0.2, 0) is 6.42 Å². The van der Waals surface area contributed by atoms with Gasteiger partial charge in [0.1, 0.15) is 0 Å². The lowest BCUT2D eigenvalue weighted by atomic mass is 9.96. The molecule has 0 radical (unpaired) electrons. The zero-order valence-electron chi connectivity index (χ0n) is 10.9. The van der Waals surface area contributed by atoms with Crippen molar-refractivity contribution in [2.45, 2.75) is 25.8 Å². The Hall–Kier alpha value is -0.650. The van der Waals surface area contributed by atoms with Gasteiger partial charge in [-0.2, -0.15) is 0 Å². The molecule has 1 atom stereocenters. The van der Waals surface area contributed by atoms with Gasteiger partial charge < -0.3 is 4.90 Å². The summed E-state index contributed by atoms with van der Waals surface area (Å²) >= 11 is 8.46. The maximum atomic E-state index is 12.9. The van der Waals surface area contributed by atoms with Crippen molar-refractivity contribution in [1.82, 2.24) is 0 Å². The smallest absolute Gasteiger partial charge is 0.260 e. The number of halogens is 2. The van der Waals surface area contributed by atoms with Gasteiger partial charge in [-0.05, 0) is 69.3 Å². The summed E-state index contributed by atoms with van der Waals surface area (Å²) in [6.07, 6.45) is 2.04. The van der Waals surface area contributed by atoms with Crippen LogP contribution in [0.1, 0.15) is 29.3 Å². The average molecular weight is 415 g/mol. The van der Waals surface area contributed by atoms with Crippen molar-refractivity contribution in [2.24, 2.45) is 0 Å². The van der Waals surface area contributed by atoms with Crippen LogP contribution in [-0.4, -0.2) is 11.9 Å². The predicted octanol–water partition coefficient (Wildman–Crippen LogP) is 5.25. The molecule has 2 heterocycles. The second kappa shape index (κ2) is 5.62. The van der Waals surface area contributed by atoms with E-state index in [-0.39, 0.29) is 11.9 Å². The first-order chi connectivity index (χ1) is 9.58. The van der Waals surface area contributed by atoms with E-state index in [2.05, 4.69) is 44.8 Å². The van der Waals surface area contributed by atoms with Crippen molar-refractivity contribution in [1.29, 1.82) is 0 Å². The Bertz CT molecular complexity index is 668. The summed E-state index contributed by atoms with van der Waals surface area (Å²) in [5.74, 6) is 0.0680. The number of para-hydroxylation sites is 1. The highest BCUT2D eigenvalue weighted by Gasteiger charge is 2.30. The molecule has 1 amide bonds. The van der Waals surface area contributed by atoms with Crippen LogP contribution < -0.4 is 4.90 Å². The van der Waals surface area contributed by atoms with Crippen LogP contribution in [0.2, 0.25) is 0 Å². The molecule has 0 N–H and O–H groups in total. The lowest BCUT2D eigenvalue weighted by Gasteiger charge is -2.35. The van der Waals surface area contributed by atoms with Crippen LogP contribution >= 0.6 is 43.2 Å². The van der Waals surface area contributed by atoms with Crippen molar-refractivity contribution in [2.75, 3.05) is 4.90 Å². The molecule has 0 fully saturated rings. The standard InChI is InChI=1S/C15H13Br2NOS/c1-9-6-7-10-4-2-3-5-12(10)18(9)15(19)11-8-13(16)20-14(11)17/h2-5,8-9H,6-7H2,1H3. The zero-order chi connectivity index (χ0) is 14.3. The predicted molar refractivity (Wildman–Crippen MR) is 90.8 cm³/mol. The van der Waals surface area contributed by atoms with E-state index in [0.717, 1.165) is 31.7 Å². The van der Waals surface area contributed by atoms with E-state index in [1.165, 1.54) is 16.9 Å². The Balaban J connectivity index is 2.05. The molecule has 2 nitrogen and oxygen atoms in total. The van der Waals surface area contributed by atoms with Gasteiger partial charge in [0.15, 0.2) is 0 Å². The Morgan fingerprint density at radius 3 is 2.80 bits per heavy atom. The molecule has 1 aliphatic heterocycles. The lowest BCUT2D eigenvalue weighted by molar-refractivity contribution is 0.0975. The van der Waals surface area contributed by atoms with Crippen LogP contribution in [0, 0.1) is 0 Å². The Morgan fingerprint density at radius 2 is 2.10 bits per heavy atom. The second-order valence-corrected chi connectivity index (χ2v) is 8.68. The van der Waals surface area contributed by atoms with Gasteiger partial charge in [0.25, 0.3) is 5.91 Å². The van der Waals surface area contributed by atoms with Crippen molar-refractivity contribution >= 4 is 54.8 Å². The van der Waals surface area contributed by atoms with E-state index in [1.54, 1.807) is 0 Å². The third-order valence-electron chi connectivity index (χ3n) is 3.63. The van der Waals surface area contributed by atoms with E-state index in [4.69, 9.17) is 0 Å². The molecular formula is C15H13Br2NOS. The summed E-state index contributed by atoms with van der Waals surface area (Å²) in [6, 6.07) is 10.3. The summed E-state index contributed by atoms with van der Waals surface area (Å²) in [5, 5.41) is 0. The van der Waals surface area contributed by atoms with Gasteiger partial charge >= 0.3 is 0 Å². The number of fused-ring (bicyclic) bond motifs is 1. The fraction of sp³-hybridized carbons (Fsp3) is 0.267. The first kappa shape index (κ1) is 14.3. The quantitative estimate of drug-likeness (QED) is 0.623. The van der Waals surface area contributed by atoms with Crippen LogP contribution in [0.4, 0.5) is 5.69 Å². The van der Waals surface area contributed by atoms with E-state index in [9.17, 15) is 4.79 Å². The molecule has 104 valence electrons. The van der Waals surface area contributed by atoms with Crippen molar-refractivity contribution in [3.8, 4) is 0 Å². The maximum Gasteiger partial charge on any atom is 0.260 e. The van der Waals surface area contributed by atoms with Gasteiger partial charge in [0.2, 0.25) is 0 Å². The monoisotopic (exact) mass is 413 g/mol. The third kappa shape index (κ3) is 2.47. The highest BCUT2D eigenvalue weighted by atomic mass is 79.9. The number of anilines is 1. The molecule has 0 aliphatic carbocycles. The summed E-state index contributed by atoms with van der Waals surface area (Å²) in [4.78, 5) is 14.8. The molecule has 2 aromatic rings. The molecule has 0 bridgehead atoms. The number of hydrogen-bond donors (Lipinski definition) is 0. The van der Waals surface area contributed by atoms with Gasteiger partial charge in [-0.1, -0.05) is 18.2 Å². The molecule has 1 aromatic carbocycles. The molecule has 20 heavy (non-hydrogen) atoms. The van der Waals surface area contributed by atoms with Crippen molar-refractivity contribution in [3.05, 3.63) is 49.0 Å². The molecule has 0 saturated carbocycles. The number of carbonyl (C=O) groups excluding carboxylic acids is 1. The molecule has 1 aliphatic rings. The van der Waals surface area contributed by atoms with Crippen LogP contribution in [0.5, 0.6) is 0 Å². The van der Waals surface area contributed by atoms with Gasteiger partial charge in [0.05, 0.1) is 13.1 Å². The normalized spacial score (nSPS) is 17.9. The summed E-state index contributed by atoms with van der Waals surface area (Å²) in [7, 11) is 0. The number of thiophene rings is 1. The van der Waals surface area contributed by atoms with E-state index < -0.39 is 0 Å². The van der Waals surface area contributed by atoms with E-state index in [0.29, 0.717) is 0 Å². The second-order valence-electron chi connectivity index (χ2n) is 4.93. The number of hydrogen-bond acceptors (Lipinski definition) is 2. The minimum Gasteiger partial charge on any atom is -0.305 e. The SMILES string of the molecule is CC1CCc2ccccc2N1C(=O)c1cc(Br)sc1Br. The zero-order valence-corrected chi connectivity index (χ0v) is 14.9. The molecule has 0 spiro atoms. The molecular weight excluding hydrogens is 402 g/mol. The molecule has 1 aromatic heterocycles. The summed E-state index contributed by atoms with van der Waals surface area (Å²) in [5.41, 5.74) is 3.03. The fourth-order valence-corrected chi connectivity index (χ4v) is 5.39. The van der Waals surface area contributed by atoms with Gasteiger partial charge in [-0.15, -0.1) is 11.3 Å². The Morgan fingerprint density at radius 1 is 1.35 bits per heavy atom. The van der Waals surface area contributed by atoms with Gasteiger partial charge in [-0.25, -0.2) is 0 Å². The highest BCUT2D eigenvalue weighted by Crippen LogP contribution is 2.36. The van der Waals surface area contributed by atoms with Crippen molar-refractivity contribution in [3.63, 3.8) is 0 Å². The minimum absolute atomic E-state index is 0.0680. The van der Waals surface area contributed by atoms with E-state index >= 15 is 0 Å². The number of carbonyl (C=O) groups is 1. The number of rotatable bonds is 1. The maximum absolute atomic E-state index is 12.9. The largest absolute Gasteiger partial charge is 0.305 e. The molecule has 1 unspecified atom stereocenters. The molecule has 5 heteroatoms. The van der Waals surface area contributed by atoms with E-state index in [1.807, 2.05) is 29.2 Å². The first-order valence-corrected chi connectivity index (χ1v) is 8.84. The minimum atomic E-state index is 0.0680. The fourth-order valence-electron chi connectivity index (χ4n) is 2.61. The summed E-state index contributed by atoms with van der Waals surface area (Å²) in [6.45, 7) is 2.11. The number of aryl methyl sites for hydroxylation is 1. The summed E-state index contributed by atoms with van der Waals surface area (Å²) < 4.78 is 1.84. The van der Waals surface area contributed by atoms with Gasteiger partial charge in [-0.3, -0.25) is 4.79 Å². The highest BCUT2D eigenvalue weighted by molar-refractivity contribution is 9.12. The Labute approximate surface area is 139 Å². The number of benzene rings is 1. The van der Waals surface area contributed by atoms with Crippen LogP contribution in [0.15, 0.2) is 37.9 Å². The average Bonchev–Trinajstić information content (AvgIpc) is 2.77. The Kier molecular flexibility index (Phi) is 4.02. The molecule has 0 saturated heterocycles. The van der Waals surface area contributed by atoms with Crippen LogP contribution in [0.3, 0.4) is 0 Å². The molecule has 3 rings (SSSR count). The number of nitrogens with zero attached hydrogens (tertiary/aromatic N) is 1. The lowest BCUT2D eigenvalue weighted by Crippen LogP contribution is -2.42. The number of amides is 1. The topological polar surface area (TPSA) is 20.3 Å².